The van der Waals surface area contributed by atoms with Gasteiger partial charge in [0.1, 0.15) is 18.2 Å². The fourth-order valence-electron chi connectivity index (χ4n) is 7.35. The van der Waals surface area contributed by atoms with Crippen LogP contribution in [0.15, 0.2) is 55.6 Å². The second-order valence-electron chi connectivity index (χ2n) is 10.9. The maximum absolute atomic E-state index is 14.6. The molecular formula is C30H38N2O6. The summed E-state index contributed by atoms with van der Waals surface area (Å²) in [4.78, 5) is 45.5. The number of amides is 2. The molecule has 6 atom stereocenters. The summed E-state index contributed by atoms with van der Waals surface area (Å²) in [7, 11) is 0. The summed E-state index contributed by atoms with van der Waals surface area (Å²) in [6.45, 7) is 7.56. The number of hydrogen-bond donors (Lipinski definition) is 1. The Morgan fingerprint density at radius 1 is 1.16 bits per heavy atom. The van der Waals surface area contributed by atoms with E-state index in [-0.39, 0.29) is 31.1 Å². The van der Waals surface area contributed by atoms with Gasteiger partial charge in [-0.05, 0) is 31.2 Å². The molecule has 3 heterocycles. The Kier molecular flexibility index (Phi) is 7.73. The van der Waals surface area contributed by atoms with Crippen molar-refractivity contribution in [2.24, 2.45) is 11.8 Å². The highest BCUT2D eigenvalue weighted by atomic mass is 16.6. The van der Waals surface area contributed by atoms with Crippen molar-refractivity contribution in [3.63, 3.8) is 0 Å². The topological polar surface area (TPSA) is 96.4 Å². The molecule has 1 saturated carbocycles. The van der Waals surface area contributed by atoms with E-state index in [1.165, 1.54) is 11.0 Å². The molecule has 1 aliphatic carbocycles. The Morgan fingerprint density at radius 2 is 1.89 bits per heavy atom. The molecule has 1 N–H and O–H groups in total. The quantitative estimate of drug-likeness (QED) is 0.375. The van der Waals surface area contributed by atoms with Crippen molar-refractivity contribution < 1.29 is 29.0 Å². The van der Waals surface area contributed by atoms with Gasteiger partial charge in [-0.25, -0.2) is 0 Å². The van der Waals surface area contributed by atoms with Gasteiger partial charge in [0.15, 0.2) is 0 Å². The Balaban J connectivity index is 1.59. The largest absolute Gasteiger partial charge is 0.461 e. The molecule has 0 aromatic heterocycles. The monoisotopic (exact) mass is 522 g/mol. The van der Waals surface area contributed by atoms with Crippen LogP contribution in [0.1, 0.15) is 56.6 Å². The van der Waals surface area contributed by atoms with Gasteiger partial charge in [-0.15, -0.1) is 6.58 Å². The van der Waals surface area contributed by atoms with Gasteiger partial charge < -0.3 is 24.4 Å². The third kappa shape index (κ3) is 4.28. The van der Waals surface area contributed by atoms with Crippen molar-refractivity contribution in [1.29, 1.82) is 0 Å². The number of nitrogens with zero attached hydrogens (tertiary/aromatic N) is 2. The van der Waals surface area contributed by atoms with Crippen molar-refractivity contribution >= 4 is 17.8 Å². The van der Waals surface area contributed by atoms with Gasteiger partial charge in [0.2, 0.25) is 11.8 Å². The molecule has 2 bridgehead atoms. The van der Waals surface area contributed by atoms with Crippen LogP contribution >= 0.6 is 0 Å². The smallest absolute Gasteiger partial charge is 0.312 e. The van der Waals surface area contributed by atoms with Gasteiger partial charge in [-0.2, -0.15) is 0 Å². The van der Waals surface area contributed by atoms with Gasteiger partial charge >= 0.3 is 5.97 Å². The lowest BCUT2D eigenvalue weighted by Gasteiger charge is -2.42. The van der Waals surface area contributed by atoms with E-state index in [2.05, 4.69) is 13.2 Å². The molecule has 8 nitrogen and oxygen atoms in total. The number of carbonyl (C=O) groups is 3. The second-order valence-corrected chi connectivity index (χ2v) is 10.9. The summed E-state index contributed by atoms with van der Waals surface area (Å²) in [6.07, 6.45) is 8.84. The van der Waals surface area contributed by atoms with Crippen molar-refractivity contribution in [2.75, 3.05) is 19.8 Å². The highest BCUT2D eigenvalue weighted by Crippen LogP contribution is 2.60. The van der Waals surface area contributed by atoms with E-state index in [4.69, 9.17) is 9.47 Å². The molecule has 8 heteroatoms. The number of benzene rings is 1. The van der Waals surface area contributed by atoms with E-state index in [1.54, 1.807) is 6.08 Å². The Morgan fingerprint density at radius 3 is 2.55 bits per heavy atom. The van der Waals surface area contributed by atoms with Crippen LogP contribution in [0.25, 0.3) is 0 Å². The van der Waals surface area contributed by atoms with Gasteiger partial charge in [-0.1, -0.05) is 68.3 Å². The fourth-order valence-corrected chi connectivity index (χ4v) is 7.35. The van der Waals surface area contributed by atoms with Crippen molar-refractivity contribution in [3.05, 3.63) is 61.2 Å². The minimum absolute atomic E-state index is 0.0418. The lowest BCUT2D eigenvalue weighted by atomic mass is 9.70. The molecule has 1 aromatic rings. The molecular weight excluding hydrogens is 484 g/mol. The van der Waals surface area contributed by atoms with Crippen LogP contribution in [0, 0.1) is 11.8 Å². The zero-order valence-electron chi connectivity index (χ0n) is 21.9. The van der Waals surface area contributed by atoms with Gasteiger partial charge in [0.25, 0.3) is 0 Å². The molecule has 3 aliphatic heterocycles. The molecule has 2 unspecified atom stereocenters. The summed E-state index contributed by atoms with van der Waals surface area (Å²) >= 11 is 0. The molecule has 204 valence electrons. The van der Waals surface area contributed by atoms with Gasteiger partial charge in [0.05, 0.1) is 30.6 Å². The third-order valence-corrected chi connectivity index (χ3v) is 8.90. The number of likely N-dealkylation sites (tertiary alicyclic amines) is 1. The van der Waals surface area contributed by atoms with E-state index in [9.17, 15) is 19.5 Å². The maximum Gasteiger partial charge on any atom is 0.312 e. The summed E-state index contributed by atoms with van der Waals surface area (Å²) in [5.41, 5.74) is -0.418. The molecule has 3 saturated heterocycles. The van der Waals surface area contributed by atoms with Crippen LogP contribution in [-0.4, -0.2) is 76.2 Å². The van der Waals surface area contributed by atoms with Crippen molar-refractivity contribution in [2.45, 2.75) is 74.8 Å². The van der Waals surface area contributed by atoms with Gasteiger partial charge in [0, 0.05) is 12.6 Å². The summed E-state index contributed by atoms with van der Waals surface area (Å²) in [5, 5.41) is 10.6. The second kappa shape index (κ2) is 11.0. The predicted octanol–water partition coefficient (Wildman–Crippen LogP) is 3.17. The molecule has 38 heavy (non-hydrogen) atoms. The number of aliphatic hydroxyl groups excluding tert-OH is 1. The summed E-state index contributed by atoms with van der Waals surface area (Å²) in [6, 6.07) is 7.60. The van der Waals surface area contributed by atoms with E-state index in [0.29, 0.717) is 19.4 Å². The zero-order chi connectivity index (χ0) is 26.9. The Hall–Kier alpha value is -2.97. The molecule has 4 fully saturated rings. The van der Waals surface area contributed by atoms with Crippen LogP contribution < -0.4 is 0 Å². The minimum Gasteiger partial charge on any atom is -0.461 e. The average molecular weight is 523 g/mol. The number of fused-ring (bicyclic) bond motifs is 1. The first-order valence-corrected chi connectivity index (χ1v) is 13.8. The molecule has 2 amide bonds. The first-order valence-electron chi connectivity index (χ1n) is 13.8. The van der Waals surface area contributed by atoms with E-state index >= 15 is 0 Å². The Bertz CT molecular complexity index is 1070. The molecule has 0 radical (unpaired) electrons. The molecule has 1 spiro atoms. The van der Waals surface area contributed by atoms with Crippen molar-refractivity contribution in [3.8, 4) is 0 Å². The molecule has 4 aliphatic rings. The first kappa shape index (κ1) is 26.6. The van der Waals surface area contributed by atoms with E-state index < -0.39 is 41.6 Å². The van der Waals surface area contributed by atoms with Crippen LogP contribution in [0.4, 0.5) is 0 Å². The summed E-state index contributed by atoms with van der Waals surface area (Å²) < 4.78 is 11.9. The first-order chi connectivity index (χ1) is 18.5. The van der Waals surface area contributed by atoms with Crippen LogP contribution in [0.5, 0.6) is 0 Å². The van der Waals surface area contributed by atoms with Crippen molar-refractivity contribution in [1.82, 2.24) is 9.80 Å². The van der Waals surface area contributed by atoms with E-state index in [0.717, 1.165) is 37.7 Å². The SMILES string of the molecule is C=CCOC(=O)[C@@H]1[C@H]2C(=O)N([C@H](CO)c3ccccc3)C(C(=O)N(CC=C)C3CCCCC3)C23CC[C@H]1O3. The molecule has 1 aromatic carbocycles. The summed E-state index contributed by atoms with van der Waals surface area (Å²) in [5.74, 6) is -2.67. The third-order valence-electron chi connectivity index (χ3n) is 8.90. The normalized spacial score (nSPS) is 31.1. The van der Waals surface area contributed by atoms with Crippen LogP contribution in [0.3, 0.4) is 0 Å². The lowest BCUT2D eigenvalue weighted by molar-refractivity contribution is -0.156. The minimum atomic E-state index is -1.15. The maximum atomic E-state index is 14.6. The van der Waals surface area contributed by atoms with E-state index in [1.807, 2.05) is 35.2 Å². The average Bonchev–Trinajstić information content (AvgIpc) is 3.59. The number of ether oxygens (including phenoxy) is 2. The van der Waals surface area contributed by atoms with Crippen LogP contribution in [0.2, 0.25) is 0 Å². The highest BCUT2D eigenvalue weighted by Gasteiger charge is 2.75. The highest BCUT2D eigenvalue weighted by molar-refractivity contribution is 5.98. The number of esters is 1. The molecule has 5 rings (SSSR count). The number of rotatable bonds is 10. The number of carbonyl (C=O) groups excluding carboxylic acids is 3. The zero-order valence-corrected chi connectivity index (χ0v) is 21.9. The predicted molar refractivity (Wildman–Crippen MR) is 141 cm³/mol. The fraction of sp³-hybridized carbons (Fsp3) is 0.567. The standard InChI is InChI=1S/C30H38N2O6/c1-3-17-31(21-13-9-6-10-14-21)28(35)26-30-16-15-23(38-30)24(29(36)37-18-4-2)25(30)27(34)32(26)22(19-33)20-11-7-5-8-12-20/h3-5,7-8,11-12,21-26,33H,1-2,6,9-10,13-19H2/t22-,23-,24+,25+,26?,30?/m1/s1. The number of aliphatic hydroxyl groups is 1. The van der Waals surface area contributed by atoms with Crippen LogP contribution in [-0.2, 0) is 23.9 Å². The lowest BCUT2D eigenvalue weighted by Crippen LogP contribution is -2.59. The number of hydrogen-bond acceptors (Lipinski definition) is 6. The Labute approximate surface area is 224 Å². The van der Waals surface area contributed by atoms with Gasteiger partial charge in [-0.3, -0.25) is 14.4 Å².